The lowest BCUT2D eigenvalue weighted by molar-refractivity contribution is -0.122. The van der Waals surface area contributed by atoms with E-state index in [0.29, 0.717) is 5.56 Å². The van der Waals surface area contributed by atoms with Gasteiger partial charge in [-0.15, -0.1) is 0 Å². The van der Waals surface area contributed by atoms with Crippen LogP contribution in [-0.4, -0.2) is 42.2 Å². The molecule has 1 fully saturated rings. The highest BCUT2D eigenvalue weighted by Gasteiger charge is 2.28. The van der Waals surface area contributed by atoms with Gasteiger partial charge in [0.1, 0.15) is 17.3 Å². The first-order valence-corrected chi connectivity index (χ1v) is 9.99. The number of carbonyl (C=O) groups is 1. The molecule has 1 aliphatic rings. The zero-order valence-electron chi connectivity index (χ0n) is 17.9. The van der Waals surface area contributed by atoms with E-state index in [-0.39, 0.29) is 24.1 Å². The molecule has 0 aliphatic carbocycles. The summed E-state index contributed by atoms with van der Waals surface area (Å²) in [5.74, 6) is 0.0215. The minimum Gasteiger partial charge on any atom is -0.508 e. The number of ether oxygens (including phenoxy) is 1. The Morgan fingerprint density at radius 2 is 1.83 bits per heavy atom. The Morgan fingerprint density at radius 3 is 2.45 bits per heavy atom. The van der Waals surface area contributed by atoms with E-state index >= 15 is 0 Å². The van der Waals surface area contributed by atoms with E-state index in [2.05, 4.69) is 30.1 Å². The van der Waals surface area contributed by atoms with Crippen molar-refractivity contribution < 1.29 is 19.0 Å². The molecule has 0 radical (unpaired) electrons. The maximum Gasteiger partial charge on any atom is 0.224 e. The van der Waals surface area contributed by atoms with Crippen LogP contribution >= 0.6 is 0 Å². The second-order valence-electron chi connectivity index (χ2n) is 7.09. The molecule has 1 amide bonds. The fourth-order valence-corrected chi connectivity index (χ4v) is 3.41. The first kappa shape index (κ1) is 22.7. The second-order valence-corrected chi connectivity index (χ2v) is 7.09. The summed E-state index contributed by atoms with van der Waals surface area (Å²) in [4.78, 5) is 14.4. The summed E-state index contributed by atoms with van der Waals surface area (Å²) in [6.07, 6.45) is 0.0411. The molecule has 1 saturated heterocycles. The van der Waals surface area contributed by atoms with Crippen LogP contribution in [0, 0.1) is 19.7 Å². The zero-order valence-corrected chi connectivity index (χ0v) is 17.9. The third-order valence-corrected chi connectivity index (χ3v) is 5.18. The number of rotatable bonds is 6. The number of likely N-dealkylation sites (tertiary alicyclic amines) is 1. The molecule has 0 bridgehead atoms. The number of aromatic hydroxyl groups is 1. The van der Waals surface area contributed by atoms with Crippen LogP contribution in [0.2, 0.25) is 0 Å². The third kappa shape index (κ3) is 5.70. The molecule has 1 heterocycles. The molecule has 2 aromatic rings. The first-order valence-electron chi connectivity index (χ1n) is 9.99. The van der Waals surface area contributed by atoms with Crippen molar-refractivity contribution >= 4 is 5.91 Å². The van der Waals surface area contributed by atoms with Crippen LogP contribution in [0.5, 0.6) is 11.5 Å². The number of hydrogen-bond donors (Lipinski definition) is 2. The van der Waals surface area contributed by atoms with Crippen molar-refractivity contribution in [3.63, 3.8) is 0 Å². The molecular formula is C23H31FN2O3. The normalized spacial score (nSPS) is 13.9. The molecule has 0 spiro atoms. The highest BCUT2D eigenvalue weighted by atomic mass is 19.1. The fourth-order valence-electron chi connectivity index (χ4n) is 3.41. The lowest BCUT2D eigenvalue weighted by Crippen LogP contribution is -2.58. The summed E-state index contributed by atoms with van der Waals surface area (Å²) >= 11 is 0. The predicted octanol–water partition coefficient (Wildman–Crippen LogP) is 3.73. The number of nitrogens with zero attached hydrogens (tertiary/aromatic N) is 1. The van der Waals surface area contributed by atoms with Crippen LogP contribution in [-0.2, 0) is 17.8 Å². The highest BCUT2D eigenvalue weighted by molar-refractivity contribution is 5.79. The smallest absolute Gasteiger partial charge is 0.224 e. The summed E-state index contributed by atoms with van der Waals surface area (Å²) in [5.41, 5.74) is 4.07. The van der Waals surface area contributed by atoms with Crippen molar-refractivity contribution in [3.05, 3.63) is 58.4 Å². The van der Waals surface area contributed by atoms with Gasteiger partial charge in [0.25, 0.3) is 0 Å². The number of amides is 1. The number of phenols is 1. The van der Waals surface area contributed by atoms with Crippen LogP contribution in [0.25, 0.3) is 0 Å². The standard InChI is InChI=1S/C21H25FN2O3.C2H6/c1-13-14(2)20(27-3)7-5-16(13)10-24-11-18(12-24)23-21(26)8-15-4-6-17(22)9-19(15)25;1-2/h4-7,9,18,25H,8,10-12H2,1-3H3,(H,23,26);1-2H3. The van der Waals surface area contributed by atoms with Gasteiger partial charge in [0.2, 0.25) is 5.91 Å². The molecule has 0 unspecified atom stereocenters. The molecule has 0 saturated carbocycles. The number of nitrogens with one attached hydrogen (secondary N) is 1. The Balaban J connectivity index is 0.00000145. The van der Waals surface area contributed by atoms with Gasteiger partial charge in [0.15, 0.2) is 0 Å². The van der Waals surface area contributed by atoms with Crippen LogP contribution in [0.1, 0.15) is 36.1 Å². The average molecular weight is 403 g/mol. The Labute approximate surface area is 172 Å². The summed E-state index contributed by atoms with van der Waals surface area (Å²) in [7, 11) is 1.68. The van der Waals surface area contributed by atoms with E-state index in [1.807, 2.05) is 19.9 Å². The Kier molecular flexibility index (Phi) is 8.02. The van der Waals surface area contributed by atoms with Crippen molar-refractivity contribution in [3.8, 4) is 11.5 Å². The van der Waals surface area contributed by atoms with Gasteiger partial charge >= 0.3 is 0 Å². The van der Waals surface area contributed by atoms with Crippen LogP contribution in [0.15, 0.2) is 30.3 Å². The maximum absolute atomic E-state index is 13.0. The molecule has 0 aromatic heterocycles. The first-order chi connectivity index (χ1) is 13.9. The largest absolute Gasteiger partial charge is 0.508 e. The van der Waals surface area contributed by atoms with Gasteiger partial charge in [-0.25, -0.2) is 4.39 Å². The molecular weight excluding hydrogens is 371 g/mol. The molecule has 158 valence electrons. The van der Waals surface area contributed by atoms with Crippen molar-refractivity contribution in [2.45, 2.75) is 46.7 Å². The number of benzene rings is 2. The summed E-state index contributed by atoms with van der Waals surface area (Å²) in [6.45, 7) is 10.6. The molecule has 0 atom stereocenters. The second kappa shape index (κ2) is 10.3. The summed E-state index contributed by atoms with van der Waals surface area (Å²) in [5, 5.41) is 12.7. The number of carbonyl (C=O) groups excluding carboxylic acids is 1. The SMILES string of the molecule is CC.COc1ccc(CN2CC(NC(=O)Cc3ccc(F)cc3O)C2)c(C)c1C. The number of halogens is 1. The lowest BCUT2D eigenvalue weighted by Gasteiger charge is -2.40. The topological polar surface area (TPSA) is 61.8 Å². The average Bonchev–Trinajstić information content (AvgIpc) is 2.67. The molecule has 2 aromatic carbocycles. The van der Waals surface area contributed by atoms with Gasteiger partial charge in [-0.05, 0) is 42.7 Å². The minimum atomic E-state index is -0.518. The highest BCUT2D eigenvalue weighted by Crippen LogP contribution is 2.26. The van der Waals surface area contributed by atoms with E-state index in [4.69, 9.17) is 4.74 Å². The molecule has 29 heavy (non-hydrogen) atoms. The Morgan fingerprint density at radius 1 is 1.17 bits per heavy atom. The lowest BCUT2D eigenvalue weighted by atomic mass is 9.99. The zero-order chi connectivity index (χ0) is 21.6. The quantitative estimate of drug-likeness (QED) is 0.773. The van der Waals surface area contributed by atoms with E-state index in [1.165, 1.54) is 23.3 Å². The molecule has 3 rings (SSSR count). The molecule has 6 heteroatoms. The number of methoxy groups -OCH3 is 1. The van der Waals surface area contributed by atoms with Crippen molar-refractivity contribution in [1.82, 2.24) is 10.2 Å². The predicted molar refractivity (Wildman–Crippen MR) is 113 cm³/mol. The molecule has 5 nitrogen and oxygen atoms in total. The van der Waals surface area contributed by atoms with Crippen LogP contribution < -0.4 is 10.1 Å². The van der Waals surface area contributed by atoms with Crippen molar-refractivity contribution in [2.24, 2.45) is 0 Å². The van der Waals surface area contributed by atoms with E-state index in [0.717, 1.165) is 37.0 Å². The third-order valence-electron chi connectivity index (χ3n) is 5.18. The van der Waals surface area contributed by atoms with Crippen LogP contribution in [0.4, 0.5) is 4.39 Å². The minimum absolute atomic E-state index is 0.0411. The fraction of sp³-hybridized carbons (Fsp3) is 0.435. The van der Waals surface area contributed by atoms with E-state index in [9.17, 15) is 14.3 Å². The van der Waals surface area contributed by atoms with Gasteiger partial charge < -0.3 is 15.2 Å². The van der Waals surface area contributed by atoms with Gasteiger partial charge in [-0.2, -0.15) is 0 Å². The van der Waals surface area contributed by atoms with Crippen molar-refractivity contribution in [1.29, 1.82) is 0 Å². The van der Waals surface area contributed by atoms with Gasteiger partial charge in [0, 0.05) is 31.3 Å². The monoisotopic (exact) mass is 402 g/mol. The molecule has 1 aliphatic heterocycles. The van der Waals surface area contributed by atoms with Gasteiger partial charge in [-0.1, -0.05) is 26.0 Å². The summed E-state index contributed by atoms with van der Waals surface area (Å²) < 4.78 is 18.4. The Hall–Kier alpha value is -2.60. The van der Waals surface area contributed by atoms with Crippen LogP contribution in [0.3, 0.4) is 0 Å². The number of hydrogen-bond acceptors (Lipinski definition) is 4. The van der Waals surface area contributed by atoms with Crippen molar-refractivity contribution in [2.75, 3.05) is 20.2 Å². The van der Waals surface area contributed by atoms with E-state index < -0.39 is 5.82 Å². The maximum atomic E-state index is 13.0. The number of phenolic OH excluding ortho intramolecular Hbond substituents is 1. The van der Waals surface area contributed by atoms with Gasteiger partial charge in [-0.3, -0.25) is 9.69 Å². The summed E-state index contributed by atoms with van der Waals surface area (Å²) in [6, 6.07) is 7.88. The van der Waals surface area contributed by atoms with E-state index in [1.54, 1.807) is 7.11 Å². The Bertz CT molecular complexity index is 848. The van der Waals surface area contributed by atoms with Gasteiger partial charge in [0.05, 0.1) is 19.6 Å². The molecule has 2 N–H and O–H groups in total.